The molecule has 1 N–H and O–H groups in total. The Balaban J connectivity index is 3.09. The highest BCUT2D eigenvalue weighted by Gasteiger charge is 2.23. The van der Waals surface area contributed by atoms with Gasteiger partial charge in [0.2, 0.25) is 0 Å². The zero-order valence-electron chi connectivity index (χ0n) is 12.8. The van der Waals surface area contributed by atoms with Crippen molar-refractivity contribution in [2.75, 3.05) is 5.32 Å². The number of anilines is 1. The molecule has 20 heavy (non-hydrogen) atoms. The van der Waals surface area contributed by atoms with Crippen molar-refractivity contribution in [2.45, 2.75) is 53.2 Å². The molecule has 0 heterocycles. The third kappa shape index (κ3) is 4.11. The highest BCUT2D eigenvalue weighted by molar-refractivity contribution is 5.68. The van der Waals surface area contributed by atoms with Gasteiger partial charge < -0.3 is 10.1 Å². The molecule has 2 unspecified atom stereocenters. The molecule has 112 valence electrons. The minimum atomic E-state index is -0.386. The number of hydrogen-bond donors (Lipinski definition) is 1. The smallest absolute Gasteiger partial charge is 0.333 e. The van der Waals surface area contributed by atoms with Crippen molar-refractivity contribution in [3.8, 4) is 5.75 Å². The van der Waals surface area contributed by atoms with Crippen LogP contribution in [0.1, 0.15) is 41.0 Å². The fourth-order valence-electron chi connectivity index (χ4n) is 1.92. The zero-order chi connectivity index (χ0) is 15.3. The van der Waals surface area contributed by atoms with E-state index in [0.29, 0.717) is 17.4 Å². The first-order chi connectivity index (χ1) is 9.36. The molecule has 0 radical (unpaired) electrons. The highest BCUT2D eigenvalue weighted by atomic mass is 16.6. The predicted molar refractivity (Wildman–Crippen MR) is 81.4 cm³/mol. The van der Waals surface area contributed by atoms with E-state index in [9.17, 15) is 10.1 Å². The Hall–Kier alpha value is -1.78. The minimum Gasteiger partial charge on any atom is -0.484 e. The molecule has 2 atom stereocenters. The van der Waals surface area contributed by atoms with Crippen LogP contribution in [0.5, 0.6) is 5.75 Å². The van der Waals surface area contributed by atoms with Crippen molar-refractivity contribution < 1.29 is 9.66 Å². The predicted octanol–water partition coefficient (Wildman–Crippen LogP) is 4.23. The Kier molecular flexibility index (Phi) is 5.80. The maximum Gasteiger partial charge on any atom is 0.333 e. The molecule has 5 nitrogen and oxygen atoms in total. The number of benzene rings is 1. The van der Waals surface area contributed by atoms with Crippen molar-refractivity contribution in [1.29, 1.82) is 0 Å². The van der Waals surface area contributed by atoms with Crippen LogP contribution in [0.15, 0.2) is 18.2 Å². The van der Waals surface area contributed by atoms with Crippen LogP contribution in [0.4, 0.5) is 11.4 Å². The Bertz CT molecular complexity index is 460. The van der Waals surface area contributed by atoms with Crippen molar-refractivity contribution in [3.63, 3.8) is 0 Å². The molecular formula is C15H24N2O3. The summed E-state index contributed by atoms with van der Waals surface area (Å²) in [5.41, 5.74) is 0.525. The summed E-state index contributed by atoms with van der Waals surface area (Å²) in [6.45, 7) is 9.97. The molecule has 0 aromatic heterocycles. The molecular weight excluding hydrogens is 256 g/mol. The second-order valence-electron chi connectivity index (χ2n) is 5.39. The molecule has 0 bridgehead atoms. The van der Waals surface area contributed by atoms with Gasteiger partial charge in [-0.1, -0.05) is 26.3 Å². The Morgan fingerprint density at radius 3 is 2.45 bits per heavy atom. The summed E-state index contributed by atoms with van der Waals surface area (Å²) in [6, 6.07) is 5.30. The molecule has 0 saturated heterocycles. The van der Waals surface area contributed by atoms with Gasteiger partial charge in [0.05, 0.1) is 11.0 Å². The first-order valence-corrected chi connectivity index (χ1v) is 7.07. The van der Waals surface area contributed by atoms with Gasteiger partial charge in [0, 0.05) is 6.04 Å². The third-order valence-electron chi connectivity index (χ3n) is 3.42. The van der Waals surface area contributed by atoms with E-state index in [0.717, 1.165) is 6.42 Å². The molecule has 0 aliphatic carbocycles. The molecule has 1 rings (SSSR count). The van der Waals surface area contributed by atoms with Crippen LogP contribution < -0.4 is 10.1 Å². The summed E-state index contributed by atoms with van der Waals surface area (Å²) in [4.78, 5) is 10.9. The molecule has 5 heteroatoms. The first kappa shape index (κ1) is 16.3. The summed E-state index contributed by atoms with van der Waals surface area (Å²) >= 11 is 0. The van der Waals surface area contributed by atoms with Crippen molar-refractivity contribution in [1.82, 2.24) is 0 Å². The Labute approximate surface area is 120 Å². The van der Waals surface area contributed by atoms with Crippen molar-refractivity contribution in [2.24, 2.45) is 5.92 Å². The van der Waals surface area contributed by atoms with Gasteiger partial charge >= 0.3 is 5.69 Å². The van der Waals surface area contributed by atoms with Crippen molar-refractivity contribution in [3.05, 3.63) is 28.3 Å². The van der Waals surface area contributed by atoms with Crippen molar-refractivity contribution >= 4 is 11.4 Å². The highest BCUT2D eigenvalue weighted by Crippen LogP contribution is 2.36. The number of nitro benzene ring substituents is 1. The largest absolute Gasteiger partial charge is 0.484 e. The number of nitrogens with zero attached hydrogens (tertiary/aromatic N) is 1. The lowest BCUT2D eigenvalue weighted by Crippen LogP contribution is -2.23. The molecule has 0 aliphatic rings. The second-order valence-corrected chi connectivity index (χ2v) is 5.39. The van der Waals surface area contributed by atoms with E-state index in [2.05, 4.69) is 19.2 Å². The standard InChI is InChI=1S/C15H24N2O3/c1-6-11(4)12(5)16-13-8-7-9-14(20-10(2)3)15(13)17(18)19/h7-12,16H,6H2,1-5H3. The maximum atomic E-state index is 11.3. The van der Waals surface area contributed by atoms with E-state index < -0.39 is 0 Å². The average Bonchev–Trinajstić information content (AvgIpc) is 2.36. The van der Waals surface area contributed by atoms with Gasteiger partial charge in [0.25, 0.3) is 0 Å². The summed E-state index contributed by atoms with van der Waals surface area (Å²) in [5.74, 6) is 0.746. The number of ether oxygens (including phenoxy) is 1. The normalized spacial score (nSPS) is 13.9. The van der Waals surface area contributed by atoms with E-state index in [4.69, 9.17) is 4.74 Å². The molecule has 0 spiro atoms. The average molecular weight is 280 g/mol. The number of nitro groups is 1. The van der Waals surface area contributed by atoms with Gasteiger partial charge in [-0.15, -0.1) is 0 Å². The van der Waals surface area contributed by atoms with Gasteiger partial charge in [0.1, 0.15) is 5.69 Å². The van der Waals surface area contributed by atoms with Gasteiger partial charge in [-0.25, -0.2) is 0 Å². The topological polar surface area (TPSA) is 64.4 Å². The first-order valence-electron chi connectivity index (χ1n) is 7.07. The van der Waals surface area contributed by atoms with E-state index in [1.54, 1.807) is 18.2 Å². The Morgan fingerprint density at radius 2 is 1.95 bits per heavy atom. The minimum absolute atomic E-state index is 0.0105. The van der Waals surface area contributed by atoms with E-state index in [-0.39, 0.29) is 22.8 Å². The van der Waals surface area contributed by atoms with Gasteiger partial charge in [0.15, 0.2) is 5.75 Å². The number of nitrogens with one attached hydrogen (secondary N) is 1. The number of hydrogen-bond acceptors (Lipinski definition) is 4. The molecule has 0 aliphatic heterocycles. The quantitative estimate of drug-likeness (QED) is 0.599. The SMILES string of the molecule is CCC(C)C(C)Nc1cccc(OC(C)C)c1[N+](=O)[O-]. The third-order valence-corrected chi connectivity index (χ3v) is 3.42. The molecule has 1 aromatic rings. The van der Waals surface area contributed by atoms with Crippen LogP contribution in [0.3, 0.4) is 0 Å². The van der Waals surface area contributed by atoms with Crippen LogP contribution in [0.25, 0.3) is 0 Å². The molecule has 0 amide bonds. The van der Waals surface area contributed by atoms with Crippen LogP contribution in [-0.4, -0.2) is 17.1 Å². The lowest BCUT2D eigenvalue weighted by molar-refractivity contribution is -0.385. The molecule has 0 saturated carbocycles. The van der Waals surface area contributed by atoms with Crippen LogP contribution >= 0.6 is 0 Å². The van der Waals surface area contributed by atoms with Crippen LogP contribution in [0.2, 0.25) is 0 Å². The van der Waals surface area contributed by atoms with Crippen LogP contribution in [0, 0.1) is 16.0 Å². The van der Waals surface area contributed by atoms with Gasteiger partial charge in [-0.05, 0) is 38.8 Å². The Morgan fingerprint density at radius 1 is 1.30 bits per heavy atom. The van der Waals surface area contributed by atoms with E-state index in [1.807, 2.05) is 20.8 Å². The monoisotopic (exact) mass is 280 g/mol. The summed E-state index contributed by atoms with van der Waals surface area (Å²) < 4.78 is 5.53. The second kappa shape index (κ2) is 7.12. The number of rotatable bonds is 7. The van der Waals surface area contributed by atoms with Gasteiger partial charge in [-0.2, -0.15) is 0 Å². The summed E-state index contributed by atoms with van der Waals surface area (Å²) in [6.07, 6.45) is 0.917. The van der Waals surface area contributed by atoms with E-state index >= 15 is 0 Å². The number of para-hydroxylation sites is 1. The fourth-order valence-corrected chi connectivity index (χ4v) is 1.92. The molecule has 1 aromatic carbocycles. The molecule has 0 fully saturated rings. The summed E-state index contributed by atoms with van der Waals surface area (Å²) in [5, 5.41) is 14.6. The lowest BCUT2D eigenvalue weighted by atomic mass is 10.0. The van der Waals surface area contributed by atoms with Gasteiger partial charge in [-0.3, -0.25) is 10.1 Å². The zero-order valence-corrected chi connectivity index (χ0v) is 12.8. The lowest BCUT2D eigenvalue weighted by Gasteiger charge is -2.21. The van der Waals surface area contributed by atoms with E-state index in [1.165, 1.54) is 0 Å². The maximum absolute atomic E-state index is 11.3. The fraction of sp³-hybridized carbons (Fsp3) is 0.600. The van der Waals surface area contributed by atoms with Crippen LogP contribution in [-0.2, 0) is 0 Å². The summed E-state index contributed by atoms with van der Waals surface area (Å²) in [7, 11) is 0.